The third-order valence-electron chi connectivity index (χ3n) is 7.52. The number of piperidine rings is 1. The van der Waals surface area contributed by atoms with Gasteiger partial charge in [0.15, 0.2) is 23.6 Å². The van der Waals surface area contributed by atoms with Gasteiger partial charge in [0, 0.05) is 32.7 Å². The minimum atomic E-state index is -0.707. The molecule has 1 fully saturated rings. The predicted octanol–water partition coefficient (Wildman–Crippen LogP) is 3.57. The molecule has 3 heterocycles. The summed E-state index contributed by atoms with van der Waals surface area (Å²) in [4.78, 5) is 72.6. The highest BCUT2D eigenvalue weighted by Gasteiger charge is 2.29. The summed E-state index contributed by atoms with van der Waals surface area (Å²) < 4.78 is 20.0. The molecule has 0 radical (unpaired) electrons. The second kappa shape index (κ2) is 14.9. The van der Waals surface area contributed by atoms with Crippen molar-refractivity contribution in [2.75, 3.05) is 24.6 Å². The molecule has 1 atom stereocenters. The normalized spacial score (nSPS) is 14.9. The molecule has 1 amide bonds. The van der Waals surface area contributed by atoms with Gasteiger partial charge in [-0.2, -0.15) is 4.98 Å². The van der Waals surface area contributed by atoms with E-state index in [0.29, 0.717) is 25.6 Å². The van der Waals surface area contributed by atoms with E-state index in [1.54, 1.807) is 51.3 Å². The molecule has 1 saturated heterocycles. The quantitative estimate of drug-likeness (QED) is 0.182. The highest BCUT2D eigenvalue weighted by atomic mass is 16.6. The number of nitrogens with zero attached hydrogens (tertiary/aromatic N) is 5. The Hall–Kier alpha value is -4.88. The number of imidazole rings is 1. The largest absolute Gasteiger partial charge is 0.481 e. The number of aryl methyl sites for hydroxylation is 1. The van der Waals surface area contributed by atoms with E-state index in [-0.39, 0.29) is 34.6 Å². The molecule has 0 spiro atoms. The molecular formula is C34H46N6O8. The van der Waals surface area contributed by atoms with E-state index >= 15 is 0 Å². The number of rotatable bonds is 11. The first kappa shape index (κ1) is 36.0. The summed E-state index contributed by atoms with van der Waals surface area (Å²) in [5.74, 6) is -0.543. The highest BCUT2D eigenvalue weighted by Crippen LogP contribution is 2.25. The highest BCUT2D eigenvalue weighted by molar-refractivity contribution is 5.98. The molecule has 1 aliphatic rings. The van der Waals surface area contributed by atoms with Crippen LogP contribution in [0.25, 0.3) is 11.2 Å². The van der Waals surface area contributed by atoms with Crippen LogP contribution in [-0.4, -0.2) is 74.0 Å². The van der Waals surface area contributed by atoms with E-state index in [1.165, 1.54) is 23.7 Å². The summed E-state index contributed by atoms with van der Waals surface area (Å²) in [5.41, 5.74) is -0.539. The third kappa shape index (κ3) is 8.72. The minimum absolute atomic E-state index is 0.111. The summed E-state index contributed by atoms with van der Waals surface area (Å²) in [7, 11) is 1.51. The van der Waals surface area contributed by atoms with Crippen LogP contribution in [0, 0.1) is 0 Å². The van der Waals surface area contributed by atoms with Gasteiger partial charge in [-0.15, -0.1) is 0 Å². The van der Waals surface area contributed by atoms with E-state index in [9.17, 15) is 24.0 Å². The molecule has 0 bridgehead atoms. The van der Waals surface area contributed by atoms with Crippen molar-refractivity contribution in [2.45, 2.75) is 92.1 Å². The number of carbonyl (C=O) groups excluding carboxylic acids is 3. The van der Waals surface area contributed by atoms with E-state index in [0.717, 1.165) is 23.0 Å². The van der Waals surface area contributed by atoms with Crippen LogP contribution in [0.5, 0.6) is 5.75 Å². The van der Waals surface area contributed by atoms with Crippen molar-refractivity contribution in [3.63, 3.8) is 0 Å². The number of Topliss-reactive ketones (excluding diaryl/α,β-unsaturated/α-hetero) is 1. The SMILES string of the molecule is CC(C)=CCn1c(N2CCCC(NC(=O)OC(C)(C)C)C2)nc2c1c(=O)n(CC(=O)c1ccccc1OCC(=O)OC(C)C)c(=O)n2C. The number of anilines is 1. The summed E-state index contributed by atoms with van der Waals surface area (Å²) in [6.45, 7) is 13.1. The van der Waals surface area contributed by atoms with Gasteiger partial charge in [0.05, 0.1) is 18.2 Å². The Balaban J connectivity index is 1.70. The van der Waals surface area contributed by atoms with Crippen molar-refractivity contribution >= 4 is 35.0 Å². The molecule has 4 rings (SSSR count). The molecule has 0 aliphatic carbocycles. The molecule has 1 aromatic carbocycles. The topological polar surface area (TPSA) is 156 Å². The van der Waals surface area contributed by atoms with E-state index in [2.05, 4.69) is 5.32 Å². The molecule has 260 valence electrons. The maximum Gasteiger partial charge on any atom is 0.407 e. The maximum absolute atomic E-state index is 14.1. The fourth-order valence-corrected chi connectivity index (χ4v) is 5.42. The molecule has 14 nitrogen and oxygen atoms in total. The van der Waals surface area contributed by atoms with E-state index < -0.39 is 47.8 Å². The molecule has 1 aliphatic heterocycles. The van der Waals surface area contributed by atoms with Crippen LogP contribution < -0.4 is 26.2 Å². The first-order chi connectivity index (χ1) is 22.6. The van der Waals surface area contributed by atoms with Crippen molar-refractivity contribution in [1.29, 1.82) is 0 Å². The van der Waals surface area contributed by atoms with Crippen molar-refractivity contribution in [1.82, 2.24) is 24.0 Å². The number of esters is 1. The number of ether oxygens (including phenoxy) is 3. The van der Waals surface area contributed by atoms with Crippen molar-refractivity contribution in [3.8, 4) is 5.75 Å². The van der Waals surface area contributed by atoms with E-state index in [1.807, 2.05) is 24.8 Å². The summed E-state index contributed by atoms with van der Waals surface area (Å²) in [6.07, 6.45) is 2.60. The summed E-state index contributed by atoms with van der Waals surface area (Å²) >= 11 is 0. The lowest BCUT2D eigenvalue weighted by Gasteiger charge is -2.34. The fourth-order valence-electron chi connectivity index (χ4n) is 5.42. The van der Waals surface area contributed by atoms with Gasteiger partial charge < -0.3 is 29.0 Å². The zero-order chi connectivity index (χ0) is 35.3. The van der Waals surface area contributed by atoms with Crippen LogP contribution in [0.3, 0.4) is 0 Å². The van der Waals surface area contributed by atoms with Crippen LogP contribution in [0.1, 0.15) is 71.7 Å². The lowest BCUT2D eigenvalue weighted by Crippen LogP contribution is -2.49. The molecular weight excluding hydrogens is 620 g/mol. The second-order valence-electron chi connectivity index (χ2n) is 13.4. The number of para-hydroxylation sites is 1. The number of alkyl carbamates (subject to hydrolysis) is 1. The van der Waals surface area contributed by atoms with Gasteiger partial charge in [-0.3, -0.25) is 18.7 Å². The number of allylic oxidation sites excluding steroid dienone is 2. The molecule has 0 saturated carbocycles. The van der Waals surface area contributed by atoms with Crippen LogP contribution in [0.15, 0.2) is 45.5 Å². The van der Waals surface area contributed by atoms with Gasteiger partial charge in [0.25, 0.3) is 5.56 Å². The summed E-state index contributed by atoms with van der Waals surface area (Å²) in [6, 6.07) is 6.09. The lowest BCUT2D eigenvalue weighted by molar-refractivity contribution is -0.149. The van der Waals surface area contributed by atoms with Crippen LogP contribution >= 0.6 is 0 Å². The Labute approximate surface area is 279 Å². The van der Waals surface area contributed by atoms with Gasteiger partial charge >= 0.3 is 17.8 Å². The smallest absolute Gasteiger partial charge is 0.407 e. The average Bonchev–Trinajstić information content (AvgIpc) is 3.39. The Kier molecular flexibility index (Phi) is 11.2. The number of amides is 1. The fraction of sp³-hybridized carbons (Fsp3) is 0.529. The van der Waals surface area contributed by atoms with Crippen molar-refractivity contribution < 1.29 is 28.6 Å². The Bertz CT molecular complexity index is 1820. The molecule has 1 unspecified atom stereocenters. The number of fused-ring (bicyclic) bond motifs is 1. The first-order valence-electron chi connectivity index (χ1n) is 16.1. The maximum atomic E-state index is 14.1. The summed E-state index contributed by atoms with van der Waals surface area (Å²) in [5, 5.41) is 2.94. The Morgan fingerprint density at radius 1 is 1.10 bits per heavy atom. The van der Waals surface area contributed by atoms with Crippen molar-refractivity contribution in [3.05, 3.63) is 62.3 Å². The lowest BCUT2D eigenvalue weighted by atomic mass is 10.1. The zero-order valence-electron chi connectivity index (χ0n) is 29.0. The van der Waals surface area contributed by atoms with Gasteiger partial charge in [-0.1, -0.05) is 23.8 Å². The first-order valence-corrected chi connectivity index (χ1v) is 16.1. The van der Waals surface area contributed by atoms with Gasteiger partial charge in [-0.05, 0) is 73.4 Å². The molecule has 48 heavy (non-hydrogen) atoms. The number of benzene rings is 1. The van der Waals surface area contributed by atoms with Gasteiger partial charge in [0.1, 0.15) is 11.4 Å². The number of hydrogen-bond donors (Lipinski definition) is 1. The number of carbonyl (C=O) groups is 3. The standard InChI is InChI=1S/C34H46N6O8/c1-21(2)15-17-39-28-29(36-31(39)38-16-11-12-23(18-38)35-32(44)48-34(5,6)7)37(8)33(45)40(30(28)43)19-25(41)24-13-9-10-14-26(24)46-20-27(42)47-22(3)4/h9-10,13-15,22-23H,11-12,16-20H2,1-8H3,(H,35,44). The number of hydrogen-bond acceptors (Lipinski definition) is 10. The Morgan fingerprint density at radius 2 is 1.81 bits per heavy atom. The molecule has 2 aromatic heterocycles. The third-order valence-corrected chi connectivity index (χ3v) is 7.52. The number of aromatic nitrogens is 4. The van der Waals surface area contributed by atoms with E-state index in [4.69, 9.17) is 19.2 Å². The minimum Gasteiger partial charge on any atom is -0.481 e. The van der Waals surface area contributed by atoms with Crippen LogP contribution in [-0.2, 0) is 34.4 Å². The Morgan fingerprint density at radius 3 is 2.48 bits per heavy atom. The predicted molar refractivity (Wildman–Crippen MR) is 181 cm³/mol. The molecule has 14 heteroatoms. The van der Waals surface area contributed by atoms with Gasteiger partial charge in [-0.25, -0.2) is 14.4 Å². The van der Waals surface area contributed by atoms with Gasteiger partial charge in [0.2, 0.25) is 5.95 Å². The number of nitrogens with one attached hydrogen (secondary N) is 1. The zero-order valence-corrected chi connectivity index (χ0v) is 29.0. The van der Waals surface area contributed by atoms with Crippen molar-refractivity contribution in [2.24, 2.45) is 7.05 Å². The van der Waals surface area contributed by atoms with Crippen LogP contribution in [0.2, 0.25) is 0 Å². The molecule has 1 N–H and O–H groups in total. The monoisotopic (exact) mass is 666 g/mol. The van der Waals surface area contributed by atoms with Crippen LogP contribution in [0.4, 0.5) is 10.7 Å². The molecule has 3 aromatic rings. The number of ketones is 1. The second-order valence-corrected chi connectivity index (χ2v) is 13.4. The average molecular weight is 667 g/mol.